The lowest BCUT2D eigenvalue weighted by Gasteiger charge is -2.24. The second kappa shape index (κ2) is 6.89. The highest BCUT2D eigenvalue weighted by molar-refractivity contribution is 5.85. The molecule has 1 aromatic carbocycles. The molecule has 1 heterocycles. The van der Waals surface area contributed by atoms with Gasteiger partial charge in [0.05, 0.1) is 5.60 Å². The van der Waals surface area contributed by atoms with E-state index in [0.717, 1.165) is 25.0 Å². The molecule has 0 saturated carbocycles. The Morgan fingerprint density at radius 3 is 2.74 bits per heavy atom. The SMILES string of the molecule is CC1(CNC(=O)C(N)c2ccccc2)CCCO1.Cl. The van der Waals surface area contributed by atoms with Gasteiger partial charge in [-0.1, -0.05) is 30.3 Å². The van der Waals surface area contributed by atoms with Gasteiger partial charge in [-0.25, -0.2) is 0 Å². The summed E-state index contributed by atoms with van der Waals surface area (Å²) in [4.78, 5) is 12.0. The van der Waals surface area contributed by atoms with Gasteiger partial charge in [-0.05, 0) is 25.3 Å². The van der Waals surface area contributed by atoms with Gasteiger partial charge >= 0.3 is 0 Å². The van der Waals surface area contributed by atoms with Crippen molar-refractivity contribution in [2.45, 2.75) is 31.4 Å². The average molecular weight is 285 g/mol. The molecule has 1 aliphatic heterocycles. The number of rotatable bonds is 4. The normalized spacial score (nSPS) is 23.5. The van der Waals surface area contributed by atoms with Crippen LogP contribution in [0.1, 0.15) is 31.4 Å². The van der Waals surface area contributed by atoms with E-state index in [1.807, 2.05) is 37.3 Å². The van der Waals surface area contributed by atoms with Crippen molar-refractivity contribution in [2.75, 3.05) is 13.2 Å². The lowest BCUT2D eigenvalue weighted by atomic mass is 10.0. The van der Waals surface area contributed by atoms with Gasteiger partial charge in [-0.2, -0.15) is 0 Å². The summed E-state index contributed by atoms with van der Waals surface area (Å²) < 4.78 is 5.62. The zero-order valence-electron chi connectivity index (χ0n) is 11.1. The van der Waals surface area contributed by atoms with Gasteiger partial charge in [-0.15, -0.1) is 12.4 Å². The highest BCUT2D eigenvalue weighted by atomic mass is 35.5. The van der Waals surface area contributed by atoms with E-state index in [2.05, 4.69) is 5.32 Å². The smallest absolute Gasteiger partial charge is 0.241 e. The fourth-order valence-corrected chi connectivity index (χ4v) is 2.17. The van der Waals surface area contributed by atoms with Crippen LogP contribution >= 0.6 is 12.4 Å². The fraction of sp³-hybridized carbons (Fsp3) is 0.500. The first kappa shape index (κ1) is 16.0. The Morgan fingerprint density at radius 1 is 1.47 bits per heavy atom. The summed E-state index contributed by atoms with van der Waals surface area (Å²) in [7, 11) is 0. The van der Waals surface area contributed by atoms with Gasteiger partial charge in [0.15, 0.2) is 0 Å². The number of benzene rings is 1. The van der Waals surface area contributed by atoms with Crippen LogP contribution in [-0.4, -0.2) is 24.7 Å². The maximum Gasteiger partial charge on any atom is 0.241 e. The molecular formula is C14H21ClN2O2. The van der Waals surface area contributed by atoms with Crippen LogP contribution in [0, 0.1) is 0 Å². The van der Waals surface area contributed by atoms with Crippen molar-refractivity contribution in [1.82, 2.24) is 5.32 Å². The highest BCUT2D eigenvalue weighted by Gasteiger charge is 2.30. The van der Waals surface area contributed by atoms with E-state index in [9.17, 15) is 4.79 Å². The van der Waals surface area contributed by atoms with Crippen molar-refractivity contribution in [2.24, 2.45) is 5.73 Å². The monoisotopic (exact) mass is 284 g/mol. The second-order valence-electron chi connectivity index (χ2n) is 5.01. The summed E-state index contributed by atoms with van der Waals surface area (Å²) in [5, 5.41) is 2.87. The predicted octanol–water partition coefficient (Wildman–Crippen LogP) is 1.79. The van der Waals surface area contributed by atoms with Crippen LogP contribution in [0.2, 0.25) is 0 Å². The Bertz CT molecular complexity index is 405. The van der Waals surface area contributed by atoms with Gasteiger partial charge in [0, 0.05) is 13.2 Å². The standard InChI is InChI=1S/C14H20N2O2.ClH/c1-14(8-5-9-18-14)10-16-13(17)12(15)11-6-3-2-4-7-11;/h2-4,6-7,12H,5,8-10,15H2,1H3,(H,16,17);1H. The first-order valence-corrected chi connectivity index (χ1v) is 6.33. The van der Waals surface area contributed by atoms with E-state index in [0.29, 0.717) is 6.54 Å². The fourth-order valence-electron chi connectivity index (χ4n) is 2.17. The van der Waals surface area contributed by atoms with E-state index in [1.165, 1.54) is 0 Å². The molecule has 2 rings (SSSR count). The molecule has 1 amide bonds. The molecule has 4 nitrogen and oxygen atoms in total. The molecule has 2 atom stereocenters. The number of halogens is 1. The highest BCUT2D eigenvalue weighted by Crippen LogP contribution is 2.24. The summed E-state index contributed by atoms with van der Waals surface area (Å²) in [6.45, 7) is 3.32. The molecule has 0 bridgehead atoms. The Labute approximate surface area is 120 Å². The number of carbonyl (C=O) groups is 1. The first-order valence-electron chi connectivity index (χ1n) is 6.33. The topological polar surface area (TPSA) is 64.4 Å². The first-order chi connectivity index (χ1) is 8.61. The quantitative estimate of drug-likeness (QED) is 0.886. The molecular weight excluding hydrogens is 264 g/mol. The summed E-state index contributed by atoms with van der Waals surface area (Å²) >= 11 is 0. The minimum Gasteiger partial charge on any atom is -0.373 e. The molecule has 106 valence electrons. The lowest BCUT2D eigenvalue weighted by Crippen LogP contribution is -2.43. The molecule has 19 heavy (non-hydrogen) atoms. The van der Waals surface area contributed by atoms with Gasteiger partial charge in [0.25, 0.3) is 0 Å². The second-order valence-corrected chi connectivity index (χ2v) is 5.01. The molecule has 0 spiro atoms. The van der Waals surface area contributed by atoms with E-state index >= 15 is 0 Å². The number of hydrogen-bond donors (Lipinski definition) is 2. The van der Waals surface area contributed by atoms with Crippen LogP contribution in [0.25, 0.3) is 0 Å². The van der Waals surface area contributed by atoms with Crippen molar-refractivity contribution in [1.29, 1.82) is 0 Å². The number of nitrogens with two attached hydrogens (primary N) is 1. The van der Waals surface area contributed by atoms with Gasteiger partial charge < -0.3 is 15.8 Å². The van der Waals surface area contributed by atoms with E-state index < -0.39 is 6.04 Å². The Balaban J connectivity index is 0.00000180. The van der Waals surface area contributed by atoms with E-state index in [4.69, 9.17) is 10.5 Å². The molecule has 1 saturated heterocycles. The minimum absolute atomic E-state index is 0. The predicted molar refractivity (Wildman–Crippen MR) is 77.2 cm³/mol. The zero-order chi connectivity index (χ0) is 13.0. The molecule has 5 heteroatoms. The number of hydrogen-bond acceptors (Lipinski definition) is 3. The van der Waals surface area contributed by atoms with E-state index in [-0.39, 0.29) is 23.9 Å². The number of ether oxygens (including phenoxy) is 1. The van der Waals surface area contributed by atoms with Crippen molar-refractivity contribution in [3.8, 4) is 0 Å². The molecule has 0 aromatic heterocycles. The van der Waals surface area contributed by atoms with Crippen LogP contribution in [0.4, 0.5) is 0 Å². The lowest BCUT2D eigenvalue weighted by molar-refractivity contribution is -0.123. The summed E-state index contributed by atoms with van der Waals surface area (Å²) in [6, 6.07) is 8.77. The summed E-state index contributed by atoms with van der Waals surface area (Å²) in [5.74, 6) is -0.155. The van der Waals surface area contributed by atoms with E-state index in [1.54, 1.807) is 0 Å². The number of carbonyl (C=O) groups excluding carboxylic acids is 1. The average Bonchev–Trinajstić information content (AvgIpc) is 2.83. The minimum atomic E-state index is -0.615. The molecule has 0 radical (unpaired) electrons. The third kappa shape index (κ3) is 4.20. The third-order valence-electron chi connectivity index (χ3n) is 3.38. The Kier molecular flexibility index (Phi) is 5.79. The summed E-state index contributed by atoms with van der Waals surface area (Å²) in [5.41, 5.74) is 6.51. The molecule has 3 N–H and O–H groups in total. The van der Waals surface area contributed by atoms with Crippen LogP contribution < -0.4 is 11.1 Å². The Hall–Kier alpha value is -1.10. The van der Waals surface area contributed by atoms with Crippen molar-refractivity contribution in [3.63, 3.8) is 0 Å². The maximum atomic E-state index is 12.0. The maximum absolute atomic E-state index is 12.0. The number of amides is 1. The van der Waals surface area contributed by atoms with Crippen LogP contribution in [0.5, 0.6) is 0 Å². The molecule has 2 unspecified atom stereocenters. The van der Waals surface area contributed by atoms with Crippen LogP contribution in [0.15, 0.2) is 30.3 Å². The summed E-state index contributed by atoms with van der Waals surface area (Å²) in [6.07, 6.45) is 2.03. The molecule has 1 fully saturated rings. The van der Waals surface area contributed by atoms with Gasteiger partial charge in [0.1, 0.15) is 6.04 Å². The van der Waals surface area contributed by atoms with Crippen LogP contribution in [-0.2, 0) is 9.53 Å². The van der Waals surface area contributed by atoms with Crippen molar-refractivity contribution in [3.05, 3.63) is 35.9 Å². The van der Waals surface area contributed by atoms with Crippen molar-refractivity contribution >= 4 is 18.3 Å². The van der Waals surface area contributed by atoms with Crippen LogP contribution in [0.3, 0.4) is 0 Å². The van der Waals surface area contributed by atoms with Gasteiger partial charge in [0.2, 0.25) is 5.91 Å². The molecule has 1 aliphatic rings. The molecule has 0 aliphatic carbocycles. The third-order valence-corrected chi connectivity index (χ3v) is 3.38. The molecule has 1 aromatic rings. The largest absolute Gasteiger partial charge is 0.373 e. The number of nitrogens with one attached hydrogen (secondary N) is 1. The Morgan fingerprint density at radius 2 is 2.16 bits per heavy atom. The zero-order valence-corrected chi connectivity index (χ0v) is 11.9. The van der Waals surface area contributed by atoms with Gasteiger partial charge in [-0.3, -0.25) is 4.79 Å². The van der Waals surface area contributed by atoms with Crippen molar-refractivity contribution < 1.29 is 9.53 Å².